The van der Waals surface area contributed by atoms with Gasteiger partial charge in [0.25, 0.3) is 5.56 Å². The van der Waals surface area contributed by atoms with Gasteiger partial charge in [0.05, 0.1) is 10.9 Å². The van der Waals surface area contributed by atoms with Crippen LogP contribution < -0.4 is 11.2 Å². The Hall–Kier alpha value is -2.04. The number of aromatic nitrogens is 2. The Morgan fingerprint density at radius 2 is 1.88 bits per heavy atom. The topological polar surface area (TPSA) is 75.1 Å². The van der Waals surface area contributed by atoms with Gasteiger partial charge in [-0.05, 0) is 32.9 Å². The van der Waals surface area contributed by atoms with Gasteiger partial charge in [0.15, 0.2) is 0 Å². The number of aromatic amines is 1. The van der Waals surface area contributed by atoms with Crippen molar-refractivity contribution in [2.45, 2.75) is 26.3 Å². The molecule has 0 aliphatic carbocycles. The lowest BCUT2D eigenvalue weighted by molar-refractivity contribution is 0.369. The molecule has 0 saturated carbocycles. The van der Waals surface area contributed by atoms with Crippen LogP contribution in [0.25, 0.3) is 10.9 Å². The maximum absolute atomic E-state index is 12.2. The van der Waals surface area contributed by atoms with E-state index >= 15 is 0 Å². The van der Waals surface area contributed by atoms with Crippen LogP contribution in [-0.2, 0) is 5.54 Å². The Balaban J connectivity index is 3.02. The van der Waals surface area contributed by atoms with Crippen molar-refractivity contribution in [2.75, 3.05) is 0 Å². The lowest BCUT2D eigenvalue weighted by atomic mass is 10.1. The van der Waals surface area contributed by atoms with E-state index in [-0.39, 0.29) is 11.3 Å². The molecule has 0 bridgehead atoms. The van der Waals surface area contributed by atoms with Crippen LogP contribution in [0.2, 0.25) is 0 Å². The molecular weight excluding hydrogens is 220 g/mol. The molecule has 0 amide bonds. The lowest BCUT2D eigenvalue weighted by Crippen LogP contribution is -2.44. The molecular formula is C12H14N2O3. The number of hydrogen-bond acceptors (Lipinski definition) is 3. The van der Waals surface area contributed by atoms with E-state index in [4.69, 9.17) is 0 Å². The molecule has 5 nitrogen and oxygen atoms in total. The number of hydrogen-bond donors (Lipinski definition) is 2. The molecule has 0 aliphatic heterocycles. The number of nitrogens with zero attached hydrogens (tertiary/aromatic N) is 1. The molecule has 5 heteroatoms. The molecule has 0 atom stereocenters. The highest BCUT2D eigenvalue weighted by Gasteiger charge is 2.20. The zero-order chi connectivity index (χ0) is 12.8. The molecule has 2 aromatic rings. The smallest absolute Gasteiger partial charge is 0.329 e. The van der Waals surface area contributed by atoms with E-state index in [0.717, 1.165) is 4.57 Å². The van der Waals surface area contributed by atoms with Gasteiger partial charge in [-0.25, -0.2) is 4.79 Å². The number of phenolic OH excluding ortho intramolecular Hbond substituents is 1. The van der Waals surface area contributed by atoms with Crippen molar-refractivity contribution in [1.82, 2.24) is 9.55 Å². The van der Waals surface area contributed by atoms with Crippen LogP contribution in [0, 0.1) is 0 Å². The molecule has 1 aromatic carbocycles. The van der Waals surface area contributed by atoms with Gasteiger partial charge in [-0.1, -0.05) is 6.07 Å². The second kappa shape index (κ2) is 3.48. The minimum Gasteiger partial charge on any atom is -0.506 e. The molecule has 0 fully saturated rings. The van der Waals surface area contributed by atoms with Crippen LogP contribution in [0.4, 0.5) is 0 Å². The van der Waals surface area contributed by atoms with Crippen molar-refractivity contribution in [3.8, 4) is 5.75 Å². The van der Waals surface area contributed by atoms with Gasteiger partial charge in [-0.2, -0.15) is 0 Å². The summed E-state index contributed by atoms with van der Waals surface area (Å²) in [6.07, 6.45) is 0. The summed E-state index contributed by atoms with van der Waals surface area (Å²) in [7, 11) is 0. The van der Waals surface area contributed by atoms with Gasteiger partial charge in [0, 0.05) is 5.54 Å². The summed E-state index contributed by atoms with van der Waals surface area (Å²) in [4.78, 5) is 26.6. The summed E-state index contributed by atoms with van der Waals surface area (Å²) in [5.41, 5.74) is -1.34. The number of phenols is 1. The van der Waals surface area contributed by atoms with Gasteiger partial charge in [0.1, 0.15) is 5.75 Å². The van der Waals surface area contributed by atoms with Gasteiger partial charge in [-0.3, -0.25) is 9.36 Å². The van der Waals surface area contributed by atoms with Crippen LogP contribution in [0.1, 0.15) is 20.8 Å². The molecule has 1 aromatic heterocycles. The summed E-state index contributed by atoms with van der Waals surface area (Å²) in [5, 5.41) is 9.90. The van der Waals surface area contributed by atoms with Gasteiger partial charge >= 0.3 is 5.69 Å². The average molecular weight is 234 g/mol. The zero-order valence-corrected chi connectivity index (χ0v) is 9.94. The van der Waals surface area contributed by atoms with Crippen molar-refractivity contribution < 1.29 is 5.11 Å². The fourth-order valence-corrected chi connectivity index (χ4v) is 1.83. The number of aromatic hydroxyl groups is 1. The number of benzene rings is 1. The second-order valence-electron chi connectivity index (χ2n) is 4.94. The van der Waals surface area contributed by atoms with Crippen LogP contribution in [0.3, 0.4) is 0 Å². The van der Waals surface area contributed by atoms with Crippen LogP contribution in [-0.4, -0.2) is 14.7 Å². The average Bonchev–Trinajstić information content (AvgIpc) is 2.17. The Kier molecular flexibility index (Phi) is 2.34. The quantitative estimate of drug-likeness (QED) is 0.718. The van der Waals surface area contributed by atoms with Crippen molar-refractivity contribution in [1.29, 1.82) is 0 Å². The van der Waals surface area contributed by atoms with E-state index in [1.807, 2.05) is 0 Å². The Labute approximate surface area is 97.3 Å². The number of para-hydroxylation sites is 1. The Bertz CT molecular complexity index is 689. The first-order valence-electron chi connectivity index (χ1n) is 5.30. The number of rotatable bonds is 0. The Morgan fingerprint density at radius 1 is 1.24 bits per heavy atom. The van der Waals surface area contributed by atoms with Crippen molar-refractivity contribution in [3.63, 3.8) is 0 Å². The molecule has 0 spiro atoms. The fourth-order valence-electron chi connectivity index (χ4n) is 1.83. The van der Waals surface area contributed by atoms with Gasteiger partial charge in [-0.15, -0.1) is 0 Å². The maximum Gasteiger partial charge on any atom is 0.329 e. The van der Waals surface area contributed by atoms with Crippen molar-refractivity contribution >= 4 is 10.9 Å². The SMILES string of the molecule is CC(C)(C)n1c(=O)[nH]c2c(O)cccc2c1=O. The number of H-pyrrole nitrogens is 1. The summed E-state index contributed by atoms with van der Waals surface area (Å²) < 4.78 is 1.15. The highest BCUT2D eigenvalue weighted by Crippen LogP contribution is 2.18. The van der Waals surface area contributed by atoms with Crippen LogP contribution >= 0.6 is 0 Å². The predicted molar refractivity (Wildman–Crippen MR) is 65.5 cm³/mol. The molecule has 2 N–H and O–H groups in total. The molecule has 17 heavy (non-hydrogen) atoms. The maximum atomic E-state index is 12.2. The first kappa shape index (κ1) is 11.4. The summed E-state index contributed by atoms with van der Waals surface area (Å²) in [6.45, 7) is 5.33. The highest BCUT2D eigenvalue weighted by atomic mass is 16.3. The van der Waals surface area contributed by atoms with E-state index in [0.29, 0.717) is 5.39 Å². The minimum atomic E-state index is -0.607. The van der Waals surface area contributed by atoms with Gasteiger partial charge < -0.3 is 10.1 Å². The summed E-state index contributed by atoms with van der Waals surface area (Å²) in [6, 6.07) is 4.58. The summed E-state index contributed by atoms with van der Waals surface area (Å²) in [5.74, 6) is -0.0993. The minimum absolute atomic E-state index is 0.0993. The summed E-state index contributed by atoms with van der Waals surface area (Å²) >= 11 is 0. The first-order valence-corrected chi connectivity index (χ1v) is 5.30. The van der Waals surface area contributed by atoms with E-state index in [1.54, 1.807) is 32.9 Å². The molecule has 0 aliphatic rings. The lowest BCUT2D eigenvalue weighted by Gasteiger charge is -2.21. The van der Waals surface area contributed by atoms with Crippen molar-refractivity contribution in [3.05, 3.63) is 39.0 Å². The van der Waals surface area contributed by atoms with Gasteiger partial charge in [0.2, 0.25) is 0 Å². The zero-order valence-electron chi connectivity index (χ0n) is 9.94. The van der Waals surface area contributed by atoms with E-state index < -0.39 is 16.8 Å². The third kappa shape index (κ3) is 1.73. The molecule has 90 valence electrons. The molecule has 0 radical (unpaired) electrons. The monoisotopic (exact) mass is 234 g/mol. The largest absolute Gasteiger partial charge is 0.506 e. The normalized spacial score (nSPS) is 11.9. The first-order chi connectivity index (χ1) is 7.82. The van der Waals surface area contributed by atoms with E-state index in [1.165, 1.54) is 6.07 Å². The second-order valence-corrected chi connectivity index (χ2v) is 4.94. The van der Waals surface area contributed by atoms with E-state index in [2.05, 4.69) is 4.98 Å². The van der Waals surface area contributed by atoms with Crippen molar-refractivity contribution in [2.24, 2.45) is 0 Å². The standard InChI is InChI=1S/C12H14N2O3/c1-12(2,3)14-10(16)7-5-4-6-8(15)9(7)13-11(14)17/h4-6,15H,1-3H3,(H,13,17). The van der Waals surface area contributed by atoms with Crippen LogP contribution in [0.5, 0.6) is 5.75 Å². The number of fused-ring (bicyclic) bond motifs is 1. The van der Waals surface area contributed by atoms with Crippen LogP contribution in [0.15, 0.2) is 27.8 Å². The fraction of sp³-hybridized carbons (Fsp3) is 0.333. The molecule has 1 heterocycles. The third-order valence-electron chi connectivity index (χ3n) is 2.58. The predicted octanol–water partition coefficient (Wildman–Crippen LogP) is 1.15. The number of nitrogens with one attached hydrogen (secondary N) is 1. The molecule has 0 saturated heterocycles. The highest BCUT2D eigenvalue weighted by molar-refractivity contribution is 5.82. The van der Waals surface area contributed by atoms with E-state index in [9.17, 15) is 14.7 Å². The molecule has 0 unspecified atom stereocenters. The third-order valence-corrected chi connectivity index (χ3v) is 2.58. The molecule has 2 rings (SSSR count). The Morgan fingerprint density at radius 3 is 2.47 bits per heavy atom.